The molecule has 1 aliphatic rings. The molecule has 218 valence electrons. The standard InChI is InChI=1S/C28H25N3O9S2/c1-16-5-6-17(2)21(11-16)29-26(32)15-30-27(33)25(41-28(30)34)13-19-8-10-23(24(12-19)39-4)40-42(37,38)20-9-7-18(3)22(14-20)31(35)36/h5-14H,15H2,1-4H3,(H,29,32)/b25-13-. The fraction of sp³-hybridized carbons (Fsp3) is 0.179. The SMILES string of the molecule is COc1cc(/C=C2\SC(=O)N(CC(=O)Nc3cc(C)ccc3C)C2=O)ccc1OS(=O)(=O)c1ccc(C)c([N+](=O)[O-])c1. The third kappa shape index (κ3) is 6.61. The molecule has 0 aliphatic carbocycles. The van der Waals surface area contributed by atoms with Crippen LogP contribution in [0.2, 0.25) is 0 Å². The van der Waals surface area contributed by atoms with Crippen LogP contribution in [0, 0.1) is 30.9 Å². The minimum Gasteiger partial charge on any atom is -0.493 e. The average Bonchev–Trinajstić information content (AvgIpc) is 3.18. The van der Waals surface area contributed by atoms with E-state index in [4.69, 9.17) is 8.92 Å². The van der Waals surface area contributed by atoms with Crippen LogP contribution >= 0.6 is 11.8 Å². The Balaban J connectivity index is 1.51. The van der Waals surface area contributed by atoms with Gasteiger partial charge < -0.3 is 14.2 Å². The maximum absolute atomic E-state index is 12.9. The summed E-state index contributed by atoms with van der Waals surface area (Å²) in [5.41, 5.74) is 2.64. The van der Waals surface area contributed by atoms with Gasteiger partial charge in [0, 0.05) is 17.3 Å². The van der Waals surface area contributed by atoms with Crippen molar-refractivity contribution in [3.63, 3.8) is 0 Å². The molecule has 1 fully saturated rings. The van der Waals surface area contributed by atoms with Gasteiger partial charge in [0.05, 0.1) is 16.9 Å². The summed E-state index contributed by atoms with van der Waals surface area (Å²) in [5, 5.41) is 13.3. The molecular weight excluding hydrogens is 586 g/mol. The van der Waals surface area contributed by atoms with Crippen LogP contribution in [0.3, 0.4) is 0 Å². The summed E-state index contributed by atoms with van der Waals surface area (Å²) < 4.78 is 36.1. The molecule has 0 radical (unpaired) electrons. The van der Waals surface area contributed by atoms with Crippen molar-refractivity contribution in [3.8, 4) is 11.5 Å². The normalized spacial score (nSPS) is 14.3. The van der Waals surface area contributed by atoms with Gasteiger partial charge in [0.2, 0.25) is 5.91 Å². The molecule has 0 atom stereocenters. The Morgan fingerprint density at radius 1 is 1.02 bits per heavy atom. The smallest absolute Gasteiger partial charge is 0.339 e. The van der Waals surface area contributed by atoms with Gasteiger partial charge in [-0.05, 0) is 79.6 Å². The first kappa shape index (κ1) is 30.3. The van der Waals surface area contributed by atoms with Crippen molar-refractivity contribution >= 4 is 56.4 Å². The first-order chi connectivity index (χ1) is 19.8. The predicted molar refractivity (Wildman–Crippen MR) is 156 cm³/mol. The number of benzene rings is 3. The number of nitro benzene ring substituents is 1. The van der Waals surface area contributed by atoms with Gasteiger partial charge in [-0.15, -0.1) is 0 Å². The monoisotopic (exact) mass is 611 g/mol. The number of nitro groups is 1. The Morgan fingerprint density at radius 3 is 2.43 bits per heavy atom. The summed E-state index contributed by atoms with van der Waals surface area (Å²) in [5.74, 6) is -1.41. The van der Waals surface area contributed by atoms with Crippen molar-refractivity contribution in [3.05, 3.63) is 91.9 Å². The Bertz CT molecular complexity index is 1770. The number of nitrogens with one attached hydrogen (secondary N) is 1. The predicted octanol–water partition coefficient (Wildman–Crippen LogP) is 4.97. The molecule has 0 unspecified atom stereocenters. The fourth-order valence-corrected chi connectivity index (χ4v) is 5.74. The highest BCUT2D eigenvalue weighted by Crippen LogP contribution is 2.36. The second-order valence-electron chi connectivity index (χ2n) is 9.29. The number of hydrogen-bond acceptors (Lipinski definition) is 10. The van der Waals surface area contributed by atoms with Gasteiger partial charge in [-0.25, -0.2) is 0 Å². The minimum absolute atomic E-state index is 0.0129. The Kier molecular flexibility index (Phi) is 8.68. The van der Waals surface area contributed by atoms with Crippen LogP contribution in [0.1, 0.15) is 22.3 Å². The highest BCUT2D eigenvalue weighted by molar-refractivity contribution is 8.18. The van der Waals surface area contributed by atoms with Gasteiger partial charge in [0.1, 0.15) is 11.4 Å². The Labute approximate surface area is 245 Å². The number of anilines is 1. The second-order valence-corrected chi connectivity index (χ2v) is 11.8. The number of imide groups is 1. The molecule has 1 saturated heterocycles. The summed E-state index contributed by atoms with van der Waals surface area (Å²) in [6.45, 7) is 4.71. The molecule has 4 rings (SSSR count). The lowest BCUT2D eigenvalue weighted by atomic mass is 10.1. The first-order valence-electron chi connectivity index (χ1n) is 12.3. The number of rotatable bonds is 9. The van der Waals surface area contributed by atoms with E-state index in [0.717, 1.165) is 22.1 Å². The van der Waals surface area contributed by atoms with Crippen molar-refractivity contribution in [1.82, 2.24) is 4.90 Å². The molecule has 1 heterocycles. The zero-order valence-electron chi connectivity index (χ0n) is 22.9. The van der Waals surface area contributed by atoms with E-state index >= 15 is 0 Å². The summed E-state index contributed by atoms with van der Waals surface area (Å²) in [4.78, 5) is 49.1. The van der Waals surface area contributed by atoms with E-state index in [9.17, 15) is 32.9 Å². The van der Waals surface area contributed by atoms with E-state index in [0.29, 0.717) is 23.0 Å². The quantitative estimate of drug-likeness (QED) is 0.151. The number of thioether (sulfide) groups is 1. The number of amides is 3. The molecule has 12 nitrogen and oxygen atoms in total. The van der Waals surface area contributed by atoms with Gasteiger partial charge >= 0.3 is 10.1 Å². The van der Waals surface area contributed by atoms with Crippen LogP contribution in [0.25, 0.3) is 6.08 Å². The molecule has 0 spiro atoms. The molecule has 14 heteroatoms. The van der Waals surface area contributed by atoms with Crippen LogP contribution in [0.4, 0.5) is 16.2 Å². The van der Waals surface area contributed by atoms with E-state index in [-0.39, 0.29) is 27.7 Å². The second kappa shape index (κ2) is 12.0. The Hall–Kier alpha value is -4.69. The van der Waals surface area contributed by atoms with Crippen molar-refractivity contribution in [2.75, 3.05) is 19.0 Å². The molecule has 1 aliphatic heterocycles. The molecule has 3 aromatic rings. The molecule has 0 aromatic heterocycles. The lowest BCUT2D eigenvalue weighted by Crippen LogP contribution is -2.36. The van der Waals surface area contributed by atoms with Gasteiger partial charge in [0.25, 0.3) is 16.8 Å². The molecule has 0 saturated carbocycles. The van der Waals surface area contributed by atoms with Gasteiger partial charge in [-0.2, -0.15) is 8.42 Å². The number of aryl methyl sites for hydroxylation is 3. The summed E-state index contributed by atoms with van der Waals surface area (Å²) in [7, 11) is -3.19. The summed E-state index contributed by atoms with van der Waals surface area (Å²) in [6.07, 6.45) is 1.40. The third-order valence-corrected chi connectivity index (χ3v) is 8.33. The van der Waals surface area contributed by atoms with E-state index in [1.165, 1.54) is 50.4 Å². The first-order valence-corrected chi connectivity index (χ1v) is 14.5. The molecular formula is C28H25N3O9S2. The topological polar surface area (TPSA) is 162 Å². The van der Waals surface area contributed by atoms with Gasteiger partial charge in [-0.3, -0.25) is 29.4 Å². The molecule has 0 bridgehead atoms. The van der Waals surface area contributed by atoms with E-state index in [1.807, 2.05) is 26.0 Å². The number of methoxy groups -OCH3 is 1. The third-order valence-electron chi connectivity index (χ3n) is 6.19. The Morgan fingerprint density at radius 2 is 1.74 bits per heavy atom. The van der Waals surface area contributed by atoms with E-state index < -0.39 is 43.5 Å². The van der Waals surface area contributed by atoms with Crippen molar-refractivity contribution in [1.29, 1.82) is 0 Å². The molecule has 1 N–H and O–H groups in total. The zero-order chi connectivity index (χ0) is 30.8. The van der Waals surface area contributed by atoms with Gasteiger partial charge in [0.15, 0.2) is 11.5 Å². The fourth-order valence-electron chi connectivity index (χ4n) is 3.94. The summed E-state index contributed by atoms with van der Waals surface area (Å²) >= 11 is 0.656. The van der Waals surface area contributed by atoms with Crippen molar-refractivity contribution in [2.45, 2.75) is 25.7 Å². The van der Waals surface area contributed by atoms with E-state index in [1.54, 1.807) is 6.07 Å². The van der Waals surface area contributed by atoms with Crippen LogP contribution in [0.15, 0.2) is 64.4 Å². The van der Waals surface area contributed by atoms with Crippen LogP contribution in [-0.4, -0.2) is 48.9 Å². The zero-order valence-corrected chi connectivity index (χ0v) is 24.5. The van der Waals surface area contributed by atoms with Crippen molar-refractivity contribution < 1.29 is 36.6 Å². The lowest BCUT2D eigenvalue weighted by molar-refractivity contribution is -0.385. The number of carbonyl (C=O) groups is 3. The maximum Gasteiger partial charge on any atom is 0.339 e. The number of carbonyl (C=O) groups excluding carboxylic acids is 3. The number of ether oxygens (including phenoxy) is 1. The van der Waals surface area contributed by atoms with Crippen LogP contribution in [-0.2, 0) is 19.7 Å². The van der Waals surface area contributed by atoms with Crippen LogP contribution < -0.4 is 14.2 Å². The van der Waals surface area contributed by atoms with E-state index in [2.05, 4.69) is 5.32 Å². The highest BCUT2D eigenvalue weighted by atomic mass is 32.2. The molecule has 42 heavy (non-hydrogen) atoms. The number of hydrogen-bond donors (Lipinski definition) is 1. The molecule has 3 amide bonds. The number of nitrogens with zero attached hydrogens (tertiary/aromatic N) is 2. The maximum atomic E-state index is 12.9. The average molecular weight is 612 g/mol. The molecule has 3 aromatic carbocycles. The van der Waals surface area contributed by atoms with Crippen LogP contribution in [0.5, 0.6) is 11.5 Å². The largest absolute Gasteiger partial charge is 0.493 e. The minimum atomic E-state index is -4.46. The highest BCUT2D eigenvalue weighted by Gasteiger charge is 2.36. The van der Waals surface area contributed by atoms with Crippen molar-refractivity contribution in [2.24, 2.45) is 0 Å². The summed E-state index contributed by atoms with van der Waals surface area (Å²) in [6, 6.07) is 13.1. The van der Waals surface area contributed by atoms with Gasteiger partial charge in [-0.1, -0.05) is 24.3 Å². The lowest BCUT2D eigenvalue weighted by Gasteiger charge is -2.14.